The van der Waals surface area contributed by atoms with Crippen molar-refractivity contribution in [2.75, 3.05) is 11.9 Å². The minimum absolute atomic E-state index is 0.149. The molecule has 0 aromatic carbocycles. The van der Waals surface area contributed by atoms with Crippen LogP contribution >= 0.6 is 0 Å². The average Bonchev–Trinajstić information content (AvgIpc) is 2.26. The van der Waals surface area contributed by atoms with Gasteiger partial charge in [-0.15, -0.1) is 0 Å². The van der Waals surface area contributed by atoms with Crippen LogP contribution in [0.3, 0.4) is 0 Å². The Morgan fingerprint density at radius 3 is 3.00 bits per heavy atom. The van der Waals surface area contributed by atoms with Gasteiger partial charge >= 0.3 is 0 Å². The first-order valence-corrected chi connectivity index (χ1v) is 5.06. The highest BCUT2D eigenvalue weighted by Gasteiger charge is 2.00. The van der Waals surface area contributed by atoms with Gasteiger partial charge in [0, 0.05) is 24.1 Å². The first-order valence-electron chi connectivity index (χ1n) is 5.06. The minimum Gasteiger partial charge on any atom is -0.311 e. The van der Waals surface area contributed by atoms with Crippen molar-refractivity contribution >= 4 is 17.8 Å². The van der Waals surface area contributed by atoms with Crippen LogP contribution in [0.5, 0.6) is 0 Å². The van der Waals surface area contributed by atoms with Gasteiger partial charge in [-0.1, -0.05) is 17.3 Å². The van der Waals surface area contributed by atoms with Crippen LogP contribution < -0.4 is 5.32 Å². The normalized spacial score (nSPS) is 10.0. The fraction of sp³-hybridized carbons (Fsp3) is 0.273. The summed E-state index contributed by atoms with van der Waals surface area (Å²) in [6, 6.07) is 3.57. The highest BCUT2D eigenvalue weighted by Crippen LogP contribution is 2.12. The molecule has 0 bridgehead atoms. The van der Waals surface area contributed by atoms with Gasteiger partial charge in [0.05, 0.1) is 0 Å². The van der Waals surface area contributed by atoms with Gasteiger partial charge in [-0.25, -0.2) is 4.98 Å². The molecule has 0 spiro atoms. The summed E-state index contributed by atoms with van der Waals surface area (Å²) in [5.74, 6) is 0.380. The number of nitrogens with one attached hydrogen (secondary N) is 1. The third-order valence-corrected chi connectivity index (χ3v) is 1.98. The highest BCUT2D eigenvalue weighted by atomic mass is 16.1. The second-order valence-electron chi connectivity index (χ2n) is 3.37. The van der Waals surface area contributed by atoms with Crippen LogP contribution in [0.2, 0.25) is 0 Å². The van der Waals surface area contributed by atoms with Gasteiger partial charge in [0.1, 0.15) is 5.82 Å². The molecule has 1 aromatic rings. The van der Waals surface area contributed by atoms with Gasteiger partial charge in [0.2, 0.25) is 5.91 Å². The Morgan fingerprint density at radius 2 is 2.41 bits per heavy atom. The van der Waals surface area contributed by atoms with Crippen molar-refractivity contribution in [2.45, 2.75) is 13.8 Å². The number of hydrogen-bond donors (Lipinski definition) is 1. The number of aryl methyl sites for hydroxylation is 1. The third-order valence-electron chi connectivity index (χ3n) is 1.98. The number of azide groups is 1. The fourth-order valence-corrected chi connectivity index (χ4v) is 1.26. The monoisotopic (exact) mass is 231 g/mol. The van der Waals surface area contributed by atoms with Crippen molar-refractivity contribution in [2.24, 2.45) is 5.11 Å². The highest BCUT2D eigenvalue weighted by molar-refractivity contribution is 5.87. The Hall–Kier alpha value is -2.33. The minimum atomic E-state index is -0.149. The lowest BCUT2D eigenvalue weighted by atomic mass is 10.2. The number of aromatic nitrogens is 1. The van der Waals surface area contributed by atoms with Gasteiger partial charge < -0.3 is 5.32 Å². The maximum Gasteiger partial charge on any atom is 0.222 e. The molecular weight excluding hydrogens is 218 g/mol. The van der Waals surface area contributed by atoms with Gasteiger partial charge in [0.15, 0.2) is 0 Å². The summed E-state index contributed by atoms with van der Waals surface area (Å²) in [4.78, 5) is 17.7. The van der Waals surface area contributed by atoms with E-state index < -0.39 is 0 Å². The second-order valence-corrected chi connectivity index (χ2v) is 3.37. The first-order chi connectivity index (χ1) is 8.13. The summed E-state index contributed by atoms with van der Waals surface area (Å²) in [6.07, 6.45) is 3.58. The molecule has 0 unspecified atom stereocenters. The standard InChI is InChI=1S/C11H13N5O/c1-8-10(4-3-7-13-16-12)5-6-11(14-8)15-9(2)17/h3-6H,7H2,1-2H3,(H,14,15,17). The lowest BCUT2D eigenvalue weighted by molar-refractivity contribution is -0.114. The number of nitrogens with zero attached hydrogens (tertiary/aromatic N) is 4. The van der Waals surface area contributed by atoms with Crippen LogP contribution in [0.1, 0.15) is 18.2 Å². The first kappa shape index (κ1) is 12.7. The van der Waals surface area contributed by atoms with Crippen molar-refractivity contribution in [1.82, 2.24) is 4.98 Å². The molecular formula is C11H13N5O. The van der Waals surface area contributed by atoms with Gasteiger partial charge in [-0.2, -0.15) is 0 Å². The lowest BCUT2D eigenvalue weighted by Gasteiger charge is -2.04. The molecule has 0 aliphatic carbocycles. The Kier molecular flexibility index (Phi) is 4.72. The molecule has 17 heavy (non-hydrogen) atoms. The molecule has 1 heterocycles. The van der Waals surface area contributed by atoms with Crippen molar-refractivity contribution in [1.29, 1.82) is 0 Å². The van der Waals surface area contributed by atoms with Crippen molar-refractivity contribution in [3.63, 3.8) is 0 Å². The van der Waals surface area contributed by atoms with Gasteiger partial charge in [-0.3, -0.25) is 4.79 Å². The summed E-state index contributed by atoms with van der Waals surface area (Å²) in [7, 11) is 0. The SMILES string of the molecule is CC(=O)Nc1ccc(C=CCN=[N+]=[N-])c(C)n1. The molecule has 6 heteroatoms. The largest absolute Gasteiger partial charge is 0.311 e. The predicted molar refractivity (Wildman–Crippen MR) is 66.3 cm³/mol. The van der Waals surface area contributed by atoms with Crippen molar-refractivity contribution < 1.29 is 4.79 Å². The molecule has 0 aliphatic heterocycles. The smallest absolute Gasteiger partial charge is 0.222 e. The predicted octanol–water partition coefficient (Wildman–Crippen LogP) is 2.67. The maximum absolute atomic E-state index is 10.8. The Bertz CT molecular complexity index is 489. The molecule has 1 aromatic heterocycles. The van der Waals surface area contributed by atoms with Crippen LogP contribution in [-0.4, -0.2) is 17.4 Å². The van der Waals surface area contributed by atoms with E-state index in [0.29, 0.717) is 12.4 Å². The van der Waals surface area contributed by atoms with Crippen molar-refractivity contribution in [3.05, 3.63) is 39.9 Å². The fourth-order valence-electron chi connectivity index (χ4n) is 1.26. The van der Waals surface area contributed by atoms with E-state index in [0.717, 1.165) is 11.3 Å². The van der Waals surface area contributed by atoms with E-state index in [1.54, 1.807) is 12.1 Å². The number of anilines is 1. The third kappa shape index (κ3) is 4.36. The topological polar surface area (TPSA) is 90.8 Å². The summed E-state index contributed by atoms with van der Waals surface area (Å²) in [5, 5.41) is 6.00. The van der Waals surface area contributed by atoms with Gasteiger partial charge in [-0.05, 0) is 30.2 Å². The number of rotatable bonds is 4. The zero-order valence-electron chi connectivity index (χ0n) is 9.71. The summed E-state index contributed by atoms with van der Waals surface area (Å²) in [6.45, 7) is 3.59. The molecule has 1 N–H and O–H groups in total. The molecule has 0 saturated heterocycles. The zero-order chi connectivity index (χ0) is 12.7. The van der Waals surface area contributed by atoms with E-state index in [2.05, 4.69) is 20.3 Å². The number of hydrogen-bond acceptors (Lipinski definition) is 3. The van der Waals surface area contributed by atoms with Crippen molar-refractivity contribution in [3.8, 4) is 0 Å². The number of pyridine rings is 1. The van der Waals surface area contributed by atoms with Crippen LogP contribution in [0.15, 0.2) is 23.3 Å². The van der Waals surface area contributed by atoms with Crippen LogP contribution in [-0.2, 0) is 4.79 Å². The summed E-state index contributed by atoms with van der Waals surface area (Å²) in [5.41, 5.74) is 9.83. The summed E-state index contributed by atoms with van der Waals surface area (Å²) >= 11 is 0. The van der Waals surface area contributed by atoms with E-state index >= 15 is 0 Å². The molecule has 0 atom stereocenters. The molecule has 0 radical (unpaired) electrons. The number of amides is 1. The Labute approximate surface area is 99.0 Å². The molecule has 1 amide bonds. The molecule has 88 valence electrons. The average molecular weight is 231 g/mol. The molecule has 0 saturated carbocycles. The second kappa shape index (κ2) is 6.30. The van der Waals surface area contributed by atoms with E-state index in [9.17, 15) is 4.79 Å². The molecule has 0 fully saturated rings. The quantitative estimate of drug-likeness (QED) is 0.490. The van der Waals surface area contributed by atoms with Crippen LogP contribution in [0.4, 0.5) is 5.82 Å². The molecule has 6 nitrogen and oxygen atoms in total. The van der Waals surface area contributed by atoms with E-state index in [1.165, 1.54) is 6.92 Å². The van der Waals surface area contributed by atoms with E-state index in [1.807, 2.05) is 19.1 Å². The Balaban J connectivity index is 2.78. The molecule has 1 rings (SSSR count). The summed E-state index contributed by atoms with van der Waals surface area (Å²) < 4.78 is 0. The van der Waals surface area contributed by atoms with Crippen LogP contribution in [0, 0.1) is 6.92 Å². The number of carbonyl (C=O) groups is 1. The zero-order valence-corrected chi connectivity index (χ0v) is 9.71. The molecule has 0 aliphatic rings. The van der Waals surface area contributed by atoms with Crippen LogP contribution in [0.25, 0.3) is 16.5 Å². The lowest BCUT2D eigenvalue weighted by Crippen LogP contribution is -2.08. The van der Waals surface area contributed by atoms with E-state index in [4.69, 9.17) is 5.53 Å². The maximum atomic E-state index is 10.8. The van der Waals surface area contributed by atoms with E-state index in [-0.39, 0.29) is 5.91 Å². The van der Waals surface area contributed by atoms with Gasteiger partial charge in [0.25, 0.3) is 0 Å². The Morgan fingerprint density at radius 1 is 1.65 bits per heavy atom. The number of carbonyl (C=O) groups excluding carboxylic acids is 1.